The van der Waals surface area contributed by atoms with E-state index in [-0.39, 0.29) is 54.0 Å². The maximum atomic E-state index is 12.6. The van der Waals surface area contributed by atoms with Gasteiger partial charge in [0.05, 0.1) is 22.3 Å². The van der Waals surface area contributed by atoms with Crippen LogP contribution in [0.1, 0.15) is 141 Å². The Kier molecular flexibility index (Phi) is 12.3. The van der Waals surface area contributed by atoms with E-state index in [1.54, 1.807) is 12.1 Å². The molecule has 0 fully saturated rings. The Balaban J connectivity index is 0.00000741. The van der Waals surface area contributed by atoms with Gasteiger partial charge >= 0.3 is 0 Å². The van der Waals surface area contributed by atoms with Crippen molar-refractivity contribution in [2.75, 3.05) is 0 Å². The molecule has 0 atom stereocenters. The zero-order valence-corrected chi connectivity index (χ0v) is 45.0. The second-order valence-electron chi connectivity index (χ2n) is 23.6. The first kappa shape index (κ1) is 46.2. The first-order valence-corrected chi connectivity index (χ1v) is 23.7. The summed E-state index contributed by atoms with van der Waals surface area (Å²) in [5.41, 5.74) is 14.9. The molecule has 0 aliphatic carbocycles. The summed E-state index contributed by atoms with van der Waals surface area (Å²) in [5.74, 6) is 0.709. The molecule has 0 radical (unpaired) electrons. The third-order valence-electron chi connectivity index (χ3n) is 13.2. The van der Waals surface area contributed by atoms with Gasteiger partial charge in [-0.05, 0) is 97.6 Å². The number of imidazole rings is 1. The molecule has 0 aliphatic rings. The van der Waals surface area contributed by atoms with Gasteiger partial charge < -0.3 is 5.11 Å². The first-order valence-electron chi connectivity index (χ1n) is 25.2. The molecule has 0 aliphatic heterocycles. The number of phenolic OH excluding ortho intramolecular Hbond substituents is 1. The van der Waals surface area contributed by atoms with Gasteiger partial charge in [-0.15, -0.1) is 29.3 Å². The molecule has 4 nitrogen and oxygen atoms in total. The number of para-hydroxylation sites is 1. The van der Waals surface area contributed by atoms with Gasteiger partial charge in [0.25, 0.3) is 0 Å². The van der Waals surface area contributed by atoms with Crippen molar-refractivity contribution in [1.29, 1.82) is 0 Å². The Bertz CT molecular complexity index is 3250. The molecular formula is C63H70N3OPt-. The molecule has 5 heteroatoms. The Labute approximate surface area is 425 Å². The molecule has 8 rings (SSSR count). The standard InChI is InChI=1S/C63H70N3O.Pt/c1-39-20-29-54(50(32-39)41-23-27-46(28-24-41)60(5,6)7)66-55-19-17-18-49(56(55)65-58(66)51-37-48(62(11,12)13)38-52(57(51)67)63(14,15)16)43-33-44(35-47(34-43)61(8,9)10)53-36-42(30-31-64-53)40-21-25-45(26-22-40)59(2,3)4;/h17-32,34-38,67H,1-16H3;/q-1;/i1D3;. The van der Waals surface area contributed by atoms with E-state index in [2.05, 4.69) is 218 Å². The third-order valence-corrected chi connectivity index (χ3v) is 13.2. The van der Waals surface area contributed by atoms with Crippen molar-refractivity contribution in [3.63, 3.8) is 0 Å². The van der Waals surface area contributed by atoms with Gasteiger partial charge in [0.1, 0.15) is 11.6 Å². The normalized spacial score (nSPS) is 13.5. The van der Waals surface area contributed by atoms with Gasteiger partial charge in [-0.25, -0.2) is 4.98 Å². The Morgan fingerprint density at radius 3 is 1.66 bits per heavy atom. The quantitative estimate of drug-likeness (QED) is 0.169. The van der Waals surface area contributed by atoms with E-state index in [0.717, 1.165) is 78.0 Å². The maximum Gasteiger partial charge on any atom is 0.148 e. The Morgan fingerprint density at radius 1 is 0.515 bits per heavy atom. The molecule has 0 saturated heterocycles. The van der Waals surface area contributed by atoms with E-state index in [1.165, 1.54) is 11.1 Å². The van der Waals surface area contributed by atoms with E-state index in [4.69, 9.17) is 14.1 Å². The van der Waals surface area contributed by atoms with Crippen LogP contribution in [0.2, 0.25) is 0 Å². The average molecular weight is 1080 g/mol. The number of aromatic nitrogens is 3. The third kappa shape index (κ3) is 10.1. The fraction of sp³-hybridized carbons (Fsp3) is 0.333. The minimum absolute atomic E-state index is 0. The molecule has 2 heterocycles. The number of rotatable bonds is 6. The smallest absolute Gasteiger partial charge is 0.148 e. The number of hydrogen-bond donors (Lipinski definition) is 1. The first-order chi connectivity index (χ1) is 32.4. The molecule has 6 aromatic carbocycles. The van der Waals surface area contributed by atoms with Gasteiger partial charge in [-0.1, -0.05) is 199 Å². The van der Waals surface area contributed by atoms with Crippen molar-refractivity contribution in [2.24, 2.45) is 0 Å². The van der Waals surface area contributed by atoms with Gasteiger partial charge in [0, 0.05) is 48.2 Å². The minimum Gasteiger partial charge on any atom is -0.507 e. The van der Waals surface area contributed by atoms with E-state index in [1.807, 2.05) is 12.3 Å². The predicted octanol–water partition coefficient (Wildman–Crippen LogP) is 17.1. The molecule has 1 N–H and O–H groups in total. The zero-order chi connectivity index (χ0) is 51.1. The predicted molar refractivity (Wildman–Crippen MR) is 285 cm³/mol. The topological polar surface area (TPSA) is 50.9 Å². The summed E-state index contributed by atoms with van der Waals surface area (Å²) in [5, 5.41) is 12.6. The van der Waals surface area contributed by atoms with Crippen LogP contribution in [0.5, 0.6) is 5.75 Å². The van der Waals surface area contributed by atoms with E-state index >= 15 is 0 Å². The average Bonchev–Trinajstić information content (AvgIpc) is 3.66. The second kappa shape index (κ2) is 18.1. The Morgan fingerprint density at radius 2 is 1.09 bits per heavy atom. The van der Waals surface area contributed by atoms with E-state index < -0.39 is 12.3 Å². The molecule has 8 aromatic rings. The van der Waals surface area contributed by atoms with Crippen LogP contribution in [0.25, 0.3) is 72.7 Å². The second-order valence-corrected chi connectivity index (χ2v) is 23.6. The summed E-state index contributed by atoms with van der Waals surface area (Å²) >= 11 is 0. The number of aryl methyl sites for hydroxylation is 1. The number of nitrogens with zero attached hydrogens (tertiary/aromatic N) is 3. The summed E-state index contributed by atoms with van der Waals surface area (Å²) in [6.07, 6.45) is 1.88. The maximum absolute atomic E-state index is 12.6. The van der Waals surface area contributed by atoms with Crippen molar-refractivity contribution < 1.29 is 30.3 Å². The van der Waals surface area contributed by atoms with Crippen LogP contribution in [0, 0.1) is 12.9 Å². The van der Waals surface area contributed by atoms with Crippen LogP contribution in [-0.2, 0) is 48.1 Å². The summed E-state index contributed by atoms with van der Waals surface area (Å²) in [7, 11) is 0. The van der Waals surface area contributed by atoms with Crippen molar-refractivity contribution in [3.8, 4) is 67.5 Å². The number of phenols is 1. The molecule has 2 aromatic heterocycles. The summed E-state index contributed by atoms with van der Waals surface area (Å²) in [6.45, 7) is 30.5. The van der Waals surface area contributed by atoms with Crippen LogP contribution in [0.3, 0.4) is 0 Å². The van der Waals surface area contributed by atoms with Gasteiger partial charge in [-0.2, -0.15) is 0 Å². The fourth-order valence-corrected chi connectivity index (χ4v) is 8.87. The minimum atomic E-state index is -2.34. The van der Waals surface area contributed by atoms with E-state index in [9.17, 15) is 5.11 Å². The van der Waals surface area contributed by atoms with E-state index in [0.29, 0.717) is 11.4 Å². The van der Waals surface area contributed by atoms with Crippen LogP contribution < -0.4 is 0 Å². The molecular weight excluding hydrogens is 1010 g/mol. The van der Waals surface area contributed by atoms with Crippen molar-refractivity contribution in [1.82, 2.24) is 14.5 Å². The number of pyridine rings is 1. The fourth-order valence-electron chi connectivity index (χ4n) is 8.87. The van der Waals surface area contributed by atoms with Gasteiger partial charge in [0.2, 0.25) is 0 Å². The summed E-state index contributed by atoms with van der Waals surface area (Å²) < 4.78 is 27.7. The number of aromatic hydroxyl groups is 1. The molecule has 68 heavy (non-hydrogen) atoms. The summed E-state index contributed by atoms with van der Waals surface area (Å²) in [6, 6.07) is 45.5. The zero-order valence-electron chi connectivity index (χ0n) is 45.7. The molecule has 0 saturated carbocycles. The van der Waals surface area contributed by atoms with Gasteiger partial charge in [-0.3, -0.25) is 9.55 Å². The monoisotopic (exact) mass is 1080 g/mol. The van der Waals surface area contributed by atoms with Crippen molar-refractivity contribution in [3.05, 3.63) is 167 Å². The summed E-state index contributed by atoms with van der Waals surface area (Å²) in [4.78, 5) is 10.6. The van der Waals surface area contributed by atoms with Crippen LogP contribution >= 0.6 is 0 Å². The SMILES string of the molecule is [2H]C([2H])([2H])c1ccc(-n2c(-c3cc(C(C)(C)C)cc(C(C)(C)C)c3O)nc3c(-c4[c-]c(-c5cc(-c6ccc(C(C)(C)C)cc6)ccn5)cc(C(C)(C)C)c4)cccc32)c(-c2ccc(C(C)(C)C)cc2)c1.[Pt]. The Hall–Kier alpha value is -5.57. The van der Waals surface area contributed by atoms with Crippen molar-refractivity contribution in [2.45, 2.75) is 138 Å². The van der Waals surface area contributed by atoms with Crippen LogP contribution in [0.15, 0.2) is 128 Å². The number of benzene rings is 6. The van der Waals surface area contributed by atoms with Crippen molar-refractivity contribution >= 4 is 11.0 Å². The number of hydrogen-bond acceptors (Lipinski definition) is 3. The molecule has 0 spiro atoms. The molecule has 354 valence electrons. The van der Waals surface area contributed by atoms with Crippen LogP contribution in [0.4, 0.5) is 0 Å². The van der Waals surface area contributed by atoms with Gasteiger partial charge in [0.15, 0.2) is 0 Å². The number of fused-ring (bicyclic) bond motifs is 1. The molecule has 0 amide bonds. The largest absolute Gasteiger partial charge is 0.507 e. The molecule has 0 unspecified atom stereocenters. The van der Waals surface area contributed by atoms with Crippen LogP contribution in [-0.4, -0.2) is 19.6 Å². The molecule has 0 bridgehead atoms.